The van der Waals surface area contributed by atoms with Crippen molar-refractivity contribution in [2.45, 2.75) is 30.3 Å². The number of carbonyl (C=O) groups excluding carboxylic acids is 3. The minimum absolute atomic E-state index is 0.0425. The van der Waals surface area contributed by atoms with Gasteiger partial charge in [-0.3, -0.25) is 9.59 Å². The normalized spacial score (nSPS) is 17.3. The van der Waals surface area contributed by atoms with Crippen LogP contribution in [0.2, 0.25) is 0 Å². The van der Waals surface area contributed by atoms with Crippen LogP contribution in [0, 0.1) is 0 Å². The summed E-state index contributed by atoms with van der Waals surface area (Å²) in [5.74, 6) is -1.02. The molecule has 2 amide bonds. The Morgan fingerprint density at radius 3 is 2.26 bits per heavy atom. The summed E-state index contributed by atoms with van der Waals surface area (Å²) in [6, 6.07) is 12.7. The number of hydrogen-bond donors (Lipinski definition) is 1. The molecule has 2 atom stereocenters. The summed E-state index contributed by atoms with van der Waals surface area (Å²) in [4.78, 5) is 39.4. The van der Waals surface area contributed by atoms with E-state index in [1.807, 2.05) is 0 Å². The number of nitrogens with zero attached hydrogens (tertiary/aromatic N) is 2. The quantitative estimate of drug-likeness (QED) is 0.529. The largest absolute Gasteiger partial charge is 0.497 e. The number of hydrogen-bond acceptors (Lipinski definition) is 7. The predicted octanol–water partition coefficient (Wildman–Crippen LogP) is 0.817. The highest BCUT2D eigenvalue weighted by molar-refractivity contribution is 7.89. The Morgan fingerprint density at radius 2 is 1.69 bits per heavy atom. The summed E-state index contributed by atoms with van der Waals surface area (Å²) in [6.07, 6.45) is 0.140. The fraction of sp³-hybridized carbons (Fsp3) is 0.375. The number of carbonyl (C=O) groups is 3. The molecule has 2 aromatic carbocycles. The summed E-state index contributed by atoms with van der Waals surface area (Å²) in [6.45, 7) is 1.17. The Hall–Kier alpha value is -3.44. The number of methoxy groups -OCH3 is 2. The van der Waals surface area contributed by atoms with Gasteiger partial charge in [0.1, 0.15) is 17.8 Å². The molecule has 3 rings (SSSR count). The lowest BCUT2D eigenvalue weighted by Gasteiger charge is -2.39. The molecule has 1 aliphatic rings. The van der Waals surface area contributed by atoms with Gasteiger partial charge in [0.25, 0.3) is 0 Å². The number of ether oxygens (including phenoxy) is 2. The summed E-state index contributed by atoms with van der Waals surface area (Å²) < 4.78 is 37.4. The van der Waals surface area contributed by atoms with E-state index in [1.165, 1.54) is 35.4 Å². The smallest absolute Gasteiger partial charge is 0.328 e. The second-order valence-corrected chi connectivity index (χ2v) is 9.98. The molecule has 2 aromatic rings. The molecular formula is C24H29N3O7S. The molecule has 0 bridgehead atoms. The van der Waals surface area contributed by atoms with Crippen LogP contribution in [0.3, 0.4) is 0 Å². The molecule has 188 valence electrons. The van der Waals surface area contributed by atoms with Crippen LogP contribution in [0.4, 0.5) is 0 Å². The van der Waals surface area contributed by atoms with Crippen molar-refractivity contribution in [3.05, 3.63) is 60.2 Å². The first-order valence-electron chi connectivity index (χ1n) is 11.0. The minimum Gasteiger partial charge on any atom is -0.497 e. The number of benzene rings is 2. The average molecular weight is 504 g/mol. The highest BCUT2D eigenvalue weighted by Crippen LogP contribution is 2.21. The summed E-state index contributed by atoms with van der Waals surface area (Å²) in [5, 5.41) is 2.65. The highest BCUT2D eigenvalue weighted by atomic mass is 32.2. The van der Waals surface area contributed by atoms with Crippen molar-refractivity contribution in [2.75, 3.05) is 33.9 Å². The number of amides is 2. The summed E-state index contributed by atoms with van der Waals surface area (Å²) in [7, 11) is -1.12. The first kappa shape index (κ1) is 26.2. The van der Waals surface area contributed by atoms with Crippen molar-refractivity contribution in [2.24, 2.45) is 0 Å². The van der Waals surface area contributed by atoms with Gasteiger partial charge >= 0.3 is 5.97 Å². The summed E-state index contributed by atoms with van der Waals surface area (Å²) in [5.41, 5.74) is 0.752. The lowest BCUT2D eigenvalue weighted by atomic mass is 10.0. The molecule has 10 nitrogen and oxygen atoms in total. The Bertz CT molecular complexity index is 1150. The fourth-order valence-electron chi connectivity index (χ4n) is 3.92. The molecule has 11 heteroatoms. The standard InChI is InChI=1S/C24H29N3O7S/c1-17(28)27-14-13-26(35(31,32)20-7-5-4-6-8-20)16-22(27)23(29)25-21(24(30)34-3)15-18-9-11-19(33-2)12-10-18/h4-12,21-22H,13-16H2,1-3H3,(H,25,29)/t21-,22+/m0/s1. The molecule has 35 heavy (non-hydrogen) atoms. The number of sulfonamides is 1. The van der Waals surface area contributed by atoms with E-state index in [0.29, 0.717) is 5.75 Å². The van der Waals surface area contributed by atoms with Gasteiger partial charge in [0, 0.05) is 33.0 Å². The van der Waals surface area contributed by atoms with Crippen LogP contribution in [0.15, 0.2) is 59.5 Å². The predicted molar refractivity (Wildman–Crippen MR) is 127 cm³/mol. The van der Waals surface area contributed by atoms with E-state index in [9.17, 15) is 22.8 Å². The van der Waals surface area contributed by atoms with Gasteiger partial charge in [-0.25, -0.2) is 13.2 Å². The number of rotatable bonds is 8. The monoisotopic (exact) mass is 503 g/mol. The number of nitrogens with one attached hydrogen (secondary N) is 1. The zero-order valence-corrected chi connectivity index (χ0v) is 20.7. The number of piperazine rings is 1. The first-order chi connectivity index (χ1) is 16.7. The van der Waals surface area contributed by atoms with Gasteiger partial charge in [-0.05, 0) is 29.8 Å². The van der Waals surface area contributed by atoms with Crippen LogP contribution in [0.1, 0.15) is 12.5 Å². The van der Waals surface area contributed by atoms with E-state index in [2.05, 4.69) is 5.32 Å². The molecule has 0 radical (unpaired) electrons. The molecule has 0 spiro atoms. The maximum atomic E-state index is 13.3. The third kappa shape index (κ3) is 6.17. The van der Waals surface area contributed by atoms with Gasteiger partial charge in [0.15, 0.2) is 0 Å². The van der Waals surface area contributed by atoms with E-state index in [4.69, 9.17) is 9.47 Å². The van der Waals surface area contributed by atoms with Crippen LogP contribution in [-0.4, -0.2) is 81.3 Å². The molecule has 1 N–H and O–H groups in total. The maximum Gasteiger partial charge on any atom is 0.328 e. The minimum atomic E-state index is -3.87. The van der Waals surface area contributed by atoms with E-state index < -0.39 is 34.0 Å². The van der Waals surface area contributed by atoms with E-state index in [-0.39, 0.29) is 36.9 Å². The second-order valence-electron chi connectivity index (χ2n) is 8.04. The fourth-order valence-corrected chi connectivity index (χ4v) is 5.38. The molecular weight excluding hydrogens is 474 g/mol. The second kappa shape index (κ2) is 11.3. The topological polar surface area (TPSA) is 122 Å². The van der Waals surface area contributed by atoms with Gasteiger partial charge in [0.05, 0.1) is 19.1 Å². The van der Waals surface area contributed by atoms with Crippen LogP contribution < -0.4 is 10.1 Å². The Kier molecular flexibility index (Phi) is 8.47. The molecule has 0 saturated carbocycles. The zero-order valence-electron chi connectivity index (χ0n) is 19.8. The average Bonchev–Trinajstić information content (AvgIpc) is 2.88. The Labute approximate surface area is 204 Å². The lowest BCUT2D eigenvalue weighted by molar-refractivity contribution is -0.147. The first-order valence-corrected chi connectivity index (χ1v) is 12.4. The van der Waals surface area contributed by atoms with E-state index in [1.54, 1.807) is 49.6 Å². The van der Waals surface area contributed by atoms with Crippen LogP contribution >= 0.6 is 0 Å². The SMILES string of the molecule is COC(=O)[C@H](Cc1ccc(OC)cc1)NC(=O)[C@H]1CN(S(=O)(=O)c2ccccc2)CCN1C(C)=O. The molecule has 0 aromatic heterocycles. The molecule has 1 fully saturated rings. The van der Waals surface area contributed by atoms with Crippen LogP contribution in [0.5, 0.6) is 5.75 Å². The molecule has 1 heterocycles. The van der Waals surface area contributed by atoms with E-state index >= 15 is 0 Å². The third-order valence-electron chi connectivity index (χ3n) is 5.83. The van der Waals surface area contributed by atoms with Gasteiger partial charge in [-0.15, -0.1) is 0 Å². The molecule has 0 aliphatic carbocycles. The van der Waals surface area contributed by atoms with Crippen molar-refractivity contribution >= 4 is 27.8 Å². The Balaban J connectivity index is 1.81. The highest BCUT2D eigenvalue weighted by Gasteiger charge is 2.40. The maximum absolute atomic E-state index is 13.3. The third-order valence-corrected chi connectivity index (χ3v) is 7.71. The van der Waals surface area contributed by atoms with Gasteiger partial charge in [0.2, 0.25) is 21.8 Å². The van der Waals surface area contributed by atoms with Gasteiger partial charge < -0.3 is 19.7 Å². The Morgan fingerprint density at radius 1 is 1.03 bits per heavy atom. The van der Waals surface area contributed by atoms with Crippen LogP contribution in [-0.2, 0) is 35.6 Å². The van der Waals surface area contributed by atoms with E-state index in [0.717, 1.165) is 5.56 Å². The zero-order chi connectivity index (χ0) is 25.6. The van der Waals surface area contributed by atoms with Crippen molar-refractivity contribution in [3.63, 3.8) is 0 Å². The summed E-state index contributed by atoms with van der Waals surface area (Å²) >= 11 is 0. The molecule has 1 aliphatic heterocycles. The van der Waals surface area contributed by atoms with Gasteiger partial charge in [-0.2, -0.15) is 4.31 Å². The number of esters is 1. The molecule has 1 saturated heterocycles. The van der Waals surface area contributed by atoms with Crippen molar-refractivity contribution in [3.8, 4) is 5.75 Å². The molecule has 0 unspecified atom stereocenters. The van der Waals surface area contributed by atoms with Crippen molar-refractivity contribution < 1.29 is 32.3 Å². The van der Waals surface area contributed by atoms with Crippen molar-refractivity contribution in [1.29, 1.82) is 0 Å². The lowest BCUT2D eigenvalue weighted by Crippen LogP contribution is -2.62. The van der Waals surface area contributed by atoms with Gasteiger partial charge in [-0.1, -0.05) is 30.3 Å². The van der Waals surface area contributed by atoms with Crippen molar-refractivity contribution in [1.82, 2.24) is 14.5 Å². The van der Waals surface area contributed by atoms with Crippen LogP contribution in [0.25, 0.3) is 0 Å².